The van der Waals surface area contributed by atoms with Gasteiger partial charge in [0.25, 0.3) is 0 Å². The quantitative estimate of drug-likeness (QED) is 0.0569. The highest BCUT2D eigenvalue weighted by molar-refractivity contribution is 5.83. The number of Topliss-reactive ketones (excluding diaryl/α,β-unsaturated/α-hetero) is 1. The molecule has 8 nitrogen and oxygen atoms in total. The minimum absolute atomic E-state index is 0.0757. The molecule has 0 bridgehead atoms. The van der Waals surface area contributed by atoms with Gasteiger partial charge in [-0.15, -0.1) is 0 Å². The zero-order chi connectivity index (χ0) is 50.9. The number of carbonyl (C=O) groups is 2. The summed E-state index contributed by atoms with van der Waals surface area (Å²) in [4.78, 5) is 25.3. The lowest BCUT2D eigenvalue weighted by Gasteiger charge is -2.44. The second-order valence-electron chi connectivity index (χ2n) is 20.3. The molecule has 1 saturated heterocycles. The van der Waals surface area contributed by atoms with Crippen molar-refractivity contribution in [2.24, 2.45) is 17.8 Å². The molecule has 11 heteroatoms. The largest absolute Gasteiger partial charge is 0.449 e. The van der Waals surface area contributed by atoms with Gasteiger partial charge in [0.1, 0.15) is 6.10 Å². The molecule has 1 aliphatic heterocycles. The van der Waals surface area contributed by atoms with E-state index in [1.54, 1.807) is 0 Å². The van der Waals surface area contributed by atoms with Crippen LogP contribution in [0.1, 0.15) is 186 Å². The van der Waals surface area contributed by atoms with Crippen LogP contribution in [0.5, 0.6) is 0 Å². The molecule has 1 fully saturated rings. The Morgan fingerprint density at radius 1 is 0.577 bits per heavy atom. The van der Waals surface area contributed by atoms with E-state index in [2.05, 4.69) is 57.3 Å². The van der Waals surface area contributed by atoms with Gasteiger partial charge in [0.2, 0.25) is 11.7 Å². The van der Waals surface area contributed by atoms with E-state index in [4.69, 9.17) is 23.7 Å². The number of unbranched alkanes of at least 4 members (excludes halogenated alkanes) is 17. The van der Waals surface area contributed by atoms with Crippen molar-refractivity contribution in [3.8, 4) is 0 Å². The van der Waals surface area contributed by atoms with Crippen molar-refractivity contribution in [2.75, 3.05) is 13.2 Å². The lowest BCUT2D eigenvalue weighted by atomic mass is 9.79. The molecule has 398 valence electrons. The van der Waals surface area contributed by atoms with E-state index in [1.807, 2.05) is 66.7 Å². The van der Waals surface area contributed by atoms with Gasteiger partial charge >= 0.3 is 6.18 Å². The highest BCUT2D eigenvalue weighted by Crippen LogP contribution is 2.36. The van der Waals surface area contributed by atoms with Crippen molar-refractivity contribution in [1.29, 1.82) is 0 Å². The molecule has 1 N–H and O–H groups in total. The predicted octanol–water partition coefficient (Wildman–Crippen LogP) is 15.2. The standard InChI is InChI=1S/C60H90F3NO7/c1-5-6-7-8-9-10-11-12-13-15-18-30-39-54(68-43-51-35-26-22-27-36-51)58(69-44-52-37-28-23-29-38-52)53(64-57(66)41-32-20-17-14-16-19-31-40-56(65)60(61,62)63)45-70-59-49(4)47(2)48(3)55(71-59)46-67-42-50-33-24-21-25-34-50/h21-29,33-38,47-49,53-55,58-59H,5-20,30-32,39-46H2,1-4H3,(H,64,66)/t47-,48+,49?,53-,54+,55?,58-,59-/m0/s1. The number of hydrogen-bond acceptors (Lipinski definition) is 7. The van der Waals surface area contributed by atoms with Gasteiger partial charge in [-0.1, -0.05) is 228 Å². The number of ketones is 1. The van der Waals surface area contributed by atoms with Crippen LogP contribution in [0.15, 0.2) is 91.0 Å². The molecular weight excluding hydrogens is 904 g/mol. The average Bonchev–Trinajstić information content (AvgIpc) is 3.37. The molecule has 3 aromatic rings. The molecule has 0 spiro atoms. The Labute approximate surface area is 426 Å². The van der Waals surface area contributed by atoms with Gasteiger partial charge in [-0.3, -0.25) is 9.59 Å². The average molecular weight is 994 g/mol. The number of rotatable bonds is 39. The number of benzene rings is 3. The topological polar surface area (TPSA) is 92.3 Å². The number of carbonyl (C=O) groups excluding carboxylic acids is 2. The van der Waals surface area contributed by atoms with Crippen LogP contribution in [0.25, 0.3) is 0 Å². The summed E-state index contributed by atoms with van der Waals surface area (Å²) in [6, 6.07) is 29.9. The summed E-state index contributed by atoms with van der Waals surface area (Å²) in [5.74, 6) is -1.16. The van der Waals surface area contributed by atoms with E-state index in [1.165, 1.54) is 64.2 Å². The Hall–Kier alpha value is -3.61. The fraction of sp³-hybridized carbons (Fsp3) is 0.667. The summed E-state index contributed by atoms with van der Waals surface area (Å²) in [5, 5.41) is 3.38. The highest BCUT2D eigenvalue weighted by Gasteiger charge is 2.41. The van der Waals surface area contributed by atoms with Gasteiger partial charge in [-0.2, -0.15) is 13.2 Å². The normalized spacial score (nSPS) is 19.6. The lowest BCUT2D eigenvalue weighted by molar-refractivity contribution is -0.262. The third kappa shape index (κ3) is 24.8. The summed E-state index contributed by atoms with van der Waals surface area (Å²) < 4.78 is 71.5. The minimum Gasteiger partial charge on any atom is -0.374 e. The maximum atomic E-state index is 14.1. The predicted molar refractivity (Wildman–Crippen MR) is 278 cm³/mol. The number of hydrogen-bond donors (Lipinski definition) is 1. The first kappa shape index (κ1) is 59.9. The van der Waals surface area contributed by atoms with Crippen LogP contribution in [0, 0.1) is 17.8 Å². The molecule has 0 radical (unpaired) electrons. The molecule has 1 heterocycles. The molecule has 2 unspecified atom stereocenters. The Morgan fingerprint density at radius 3 is 1.56 bits per heavy atom. The molecule has 8 atom stereocenters. The van der Waals surface area contributed by atoms with E-state index in [9.17, 15) is 22.8 Å². The number of alkyl halides is 3. The Balaban J connectivity index is 1.49. The minimum atomic E-state index is -4.76. The van der Waals surface area contributed by atoms with E-state index in [0.29, 0.717) is 45.7 Å². The third-order valence-electron chi connectivity index (χ3n) is 14.5. The highest BCUT2D eigenvalue weighted by atomic mass is 19.4. The fourth-order valence-corrected chi connectivity index (χ4v) is 9.58. The SMILES string of the molecule is CCCCCCCCCCCCCC[C@@H](OCc1ccccc1)[C@@H](OCc1ccccc1)[C@H](CO[C@H]1OC(COCc2ccccc2)[C@H](C)[C@H](C)C1C)NC(=O)CCCCCCCCCC(=O)C(F)(F)F. The Bertz CT molecular complexity index is 1800. The van der Waals surface area contributed by atoms with Crippen LogP contribution in [-0.2, 0) is 53.1 Å². The van der Waals surface area contributed by atoms with Crippen LogP contribution >= 0.6 is 0 Å². The molecule has 0 aromatic heterocycles. The summed E-state index contributed by atoms with van der Waals surface area (Å²) in [5.41, 5.74) is 3.19. The lowest BCUT2D eigenvalue weighted by Crippen LogP contribution is -2.54. The number of amides is 1. The van der Waals surface area contributed by atoms with Gasteiger partial charge in [0, 0.05) is 18.8 Å². The molecule has 3 aromatic carbocycles. The zero-order valence-corrected chi connectivity index (χ0v) is 43.9. The van der Waals surface area contributed by atoms with Crippen molar-refractivity contribution in [1.82, 2.24) is 5.32 Å². The van der Waals surface area contributed by atoms with Crippen molar-refractivity contribution in [3.05, 3.63) is 108 Å². The fourth-order valence-electron chi connectivity index (χ4n) is 9.58. The number of ether oxygens (including phenoxy) is 5. The first-order chi connectivity index (χ1) is 34.5. The van der Waals surface area contributed by atoms with Crippen LogP contribution in [0.4, 0.5) is 13.2 Å². The maximum absolute atomic E-state index is 14.1. The van der Waals surface area contributed by atoms with Crippen LogP contribution < -0.4 is 5.32 Å². The third-order valence-corrected chi connectivity index (χ3v) is 14.5. The second-order valence-corrected chi connectivity index (χ2v) is 20.3. The van der Waals surface area contributed by atoms with E-state index >= 15 is 0 Å². The molecule has 1 amide bonds. The van der Waals surface area contributed by atoms with Crippen LogP contribution in [0.3, 0.4) is 0 Å². The Morgan fingerprint density at radius 2 is 1.04 bits per heavy atom. The molecular formula is C60H90F3NO7. The molecule has 4 rings (SSSR count). The van der Waals surface area contributed by atoms with Gasteiger partial charge in [0.15, 0.2) is 6.29 Å². The van der Waals surface area contributed by atoms with Gasteiger partial charge in [-0.05, 0) is 47.8 Å². The maximum Gasteiger partial charge on any atom is 0.449 e. The first-order valence-electron chi connectivity index (χ1n) is 27.5. The van der Waals surface area contributed by atoms with Gasteiger partial charge in [0.05, 0.1) is 51.3 Å². The van der Waals surface area contributed by atoms with E-state index in [-0.39, 0.29) is 48.9 Å². The molecule has 0 saturated carbocycles. The summed E-state index contributed by atoms with van der Waals surface area (Å²) in [6.07, 6.45) is 13.9. The monoisotopic (exact) mass is 994 g/mol. The Kier molecular flexibility index (Phi) is 30.0. The van der Waals surface area contributed by atoms with Crippen LogP contribution in [0.2, 0.25) is 0 Å². The van der Waals surface area contributed by atoms with Gasteiger partial charge in [-0.25, -0.2) is 0 Å². The zero-order valence-electron chi connectivity index (χ0n) is 43.9. The molecule has 1 aliphatic rings. The van der Waals surface area contributed by atoms with Crippen molar-refractivity contribution in [3.63, 3.8) is 0 Å². The first-order valence-corrected chi connectivity index (χ1v) is 27.5. The van der Waals surface area contributed by atoms with Crippen molar-refractivity contribution < 1.29 is 46.4 Å². The van der Waals surface area contributed by atoms with Crippen molar-refractivity contribution in [2.45, 2.75) is 226 Å². The molecule has 71 heavy (non-hydrogen) atoms. The van der Waals surface area contributed by atoms with Crippen LogP contribution in [-0.4, -0.2) is 61.7 Å². The smallest absolute Gasteiger partial charge is 0.374 e. The summed E-state index contributed by atoms with van der Waals surface area (Å²) in [7, 11) is 0. The molecule has 0 aliphatic carbocycles. The van der Waals surface area contributed by atoms with E-state index in [0.717, 1.165) is 61.6 Å². The second kappa shape index (κ2) is 35.5. The van der Waals surface area contributed by atoms with Gasteiger partial charge < -0.3 is 29.0 Å². The van der Waals surface area contributed by atoms with E-state index < -0.39 is 36.8 Å². The summed E-state index contributed by atoms with van der Waals surface area (Å²) in [6.45, 7) is 10.7. The van der Waals surface area contributed by atoms with Crippen molar-refractivity contribution >= 4 is 11.7 Å². The number of halogens is 3. The summed E-state index contributed by atoms with van der Waals surface area (Å²) >= 11 is 0. The number of nitrogens with one attached hydrogen (secondary N) is 1.